The second-order valence-corrected chi connectivity index (χ2v) is 70.8. The Kier molecular flexibility index (Phi) is 11.8. The zero-order chi connectivity index (χ0) is 39.4. The molecule has 0 unspecified atom stereocenters. The van der Waals surface area contributed by atoms with E-state index in [-0.39, 0.29) is 0 Å². The van der Waals surface area contributed by atoms with Crippen LogP contribution in [0.5, 0.6) is 0 Å². The Bertz CT molecular complexity index is 1970. The third kappa shape index (κ3) is 6.31. The van der Waals surface area contributed by atoms with Crippen LogP contribution >= 0.6 is 21.8 Å². The van der Waals surface area contributed by atoms with Gasteiger partial charge in [-0.1, -0.05) is 0 Å². The Labute approximate surface area is 344 Å². The van der Waals surface area contributed by atoms with E-state index in [0.717, 1.165) is 0 Å². The van der Waals surface area contributed by atoms with Crippen molar-refractivity contribution in [3.63, 3.8) is 0 Å². The molecule has 5 heteroatoms. The summed E-state index contributed by atoms with van der Waals surface area (Å²) in [7, 11) is 0. The summed E-state index contributed by atoms with van der Waals surface area (Å²) in [6.07, 6.45) is 0. The van der Waals surface area contributed by atoms with Gasteiger partial charge in [0.2, 0.25) is 0 Å². The molecule has 0 fully saturated rings. The van der Waals surface area contributed by atoms with Crippen molar-refractivity contribution in [2.24, 2.45) is 0 Å². The predicted molar refractivity (Wildman–Crippen MR) is 266 cm³/mol. The molecule has 294 valence electrons. The molecule has 0 aliphatic rings. The van der Waals surface area contributed by atoms with Crippen molar-refractivity contribution in [1.29, 1.82) is 0 Å². The summed E-state index contributed by atoms with van der Waals surface area (Å²) in [5.74, 6) is 0. The van der Waals surface area contributed by atoms with E-state index >= 15 is 0 Å². The summed E-state index contributed by atoms with van der Waals surface area (Å²) in [6.45, 7) is 11.5. The Morgan fingerprint density at radius 1 is 0.193 bits per heavy atom. The van der Waals surface area contributed by atoms with E-state index in [1.165, 1.54) is 0 Å². The van der Waals surface area contributed by atoms with Gasteiger partial charge in [-0.15, -0.1) is 0 Å². The zero-order valence-electron chi connectivity index (χ0n) is 33.4. The van der Waals surface area contributed by atoms with Crippen LogP contribution in [-0.2, 0) is 13.6 Å². The van der Waals surface area contributed by atoms with E-state index in [4.69, 9.17) is 0 Å². The Morgan fingerprint density at radius 3 is 0.404 bits per heavy atom. The molecule has 0 aliphatic carbocycles. The van der Waals surface area contributed by atoms with Gasteiger partial charge in [-0.2, -0.15) is 0 Å². The van der Waals surface area contributed by atoms with Crippen LogP contribution in [0.25, 0.3) is 0 Å². The minimum absolute atomic E-state index is 1.56. The monoisotopic (exact) mass is 910 g/mol. The first-order valence-electron chi connectivity index (χ1n) is 19.9. The molecule has 0 N–H and O–H groups in total. The third-order valence-corrected chi connectivity index (χ3v) is 133. The quantitative estimate of drug-likeness (QED) is 0.0847. The first-order chi connectivity index (χ1) is 27.8. The fourth-order valence-electron chi connectivity index (χ4n) is 9.59. The Morgan fingerprint density at radius 2 is 0.298 bits per heavy atom. The van der Waals surface area contributed by atoms with E-state index in [1.54, 1.807) is 42.4 Å². The van der Waals surface area contributed by atoms with Crippen LogP contribution in [0.2, 0.25) is 0 Å². The summed E-state index contributed by atoms with van der Waals surface area (Å²) in [5.41, 5.74) is -11.8. The standard InChI is InChI=1S/4C13H13P.Pd/c4*1-14(12-8-4-2-5-9-12)13-10-6-3-7-11-13;/h4*2-11H,1H3;/q;;;;-4/p+4. The number of benzene rings is 8. The van der Waals surface area contributed by atoms with Gasteiger partial charge in [0.05, 0.1) is 0 Å². The molecule has 0 amide bonds. The van der Waals surface area contributed by atoms with Gasteiger partial charge in [0.1, 0.15) is 0 Å². The number of rotatable bonds is 12. The molecule has 0 atom stereocenters. The van der Waals surface area contributed by atoms with Crippen molar-refractivity contribution in [3.05, 3.63) is 243 Å². The molecule has 0 saturated carbocycles. The van der Waals surface area contributed by atoms with Gasteiger partial charge in [0.15, 0.2) is 0 Å². The molecule has 0 heterocycles. The van der Waals surface area contributed by atoms with Crippen molar-refractivity contribution < 1.29 is 13.6 Å². The molecule has 57 heavy (non-hydrogen) atoms. The molecule has 0 saturated heterocycles. The first-order valence-corrected chi connectivity index (χ1v) is 38.5. The van der Waals surface area contributed by atoms with Crippen molar-refractivity contribution in [1.82, 2.24) is 0 Å². The molecule has 0 aromatic heterocycles. The fourth-order valence-corrected chi connectivity index (χ4v) is 180. The van der Waals surface area contributed by atoms with E-state index in [0.29, 0.717) is 0 Å². The summed E-state index contributed by atoms with van der Waals surface area (Å²) in [5, 5.41) is 12.5. The van der Waals surface area contributed by atoms with Gasteiger partial charge in [-0.25, -0.2) is 0 Å². The maximum atomic E-state index is 2.88. The van der Waals surface area contributed by atoms with Gasteiger partial charge < -0.3 is 0 Å². The zero-order valence-corrected chi connectivity index (χ0v) is 39.0. The normalized spacial score (nSPS) is 15.1. The van der Waals surface area contributed by atoms with Crippen LogP contribution in [-0.4, -0.2) is 26.7 Å². The number of hydrogen-bond donors (Lipinski definition) is 0. The molecule has 8 aromatic rings. The summed E-state index contributed by atoms with van der Waals surface area (Å²) in [6, 6.07) is 96.0. The molecule has 0 aliphatic heterocycles. The van der Waals surface area contributed by atoms with E-state index < -0.39 is 35.4 Å². The van der Waals surface area contributed by atoms with Crippen molar-refractivity contribution in [3.8, 4) is 0 Å². The molecule has 0 nitrogen and oxygen atoms in total. The number of hydrogen-bond acceptors (Lipinski definition) is 0. The van der Waals surface area contributed by atoms with Gasteiger partial charge in [-0.3, -0.25) is 0 Å². The topological polar surface area (TPSA) is 0 Å². The molecular weight excluding hydrogens is 855 g/mol. The molecule has 0 bridgehead atoms. The van der Waals surface area contributed by atoms with Crippen LogP contribution < -0.4 is 42.4 Å². The van der Waals surface area contributed by atoms with Gasteiger partial charge in [0.25, 0.3) is 0 Å². The third-order valence-electron chi connectivity index (χ3n) is 12.3. The molecule has 0 radical (unpaired) electrons. The van der Waals surface area contributed by atoms with E-state index in [2.05, 4.69) is 269 Å². The SMILES string of the molecule is C[PH](c1ccccc1)(c1ccccc1)[Pd]([PH](C)(c1ccccc1)c1ccccc1)([PH](C)(c1ccccc1)c1ccccc1)[PH](C)(c1ccccc1)c1ccccc1. The van der Waals surface area contributed by atoms with Crippen LogP contribution in [0.15, 0.2) is 243 Å². The second-order valence-electron chi connectivity index (χ2n) is 15.2. The summed E-state index contributed by atoms with van der Waals surface area (Å²) < 4.78 is 0. The predicted octanol–water partition coefficient (Wildman–Crippen LogP) is 9.92. The van der Waals surface area contributed by atoms with Crippen LogP contribution in [0, 0.1) is 0 Å². The fraction of sp³-hybridized carbons (Fsp3) is 0.0769. The van der Waals surface area contributed by atoms with Crippen LogP contribution in [0.3, 0.4) is 0 Å². The Hall–Kier alpha value is -3.86. The first kappa shape index (κ1) is 39.9. The summed E-state index contributed by atoms with van der Waals surface area (Å²) >= 11 is -3.41. The average molecular weight is 911 g/mol. The minimum atomic E-state index is -3.41. The van der Waals surface area contributed by atoms with Gasteiger partial charge in [0, 0.05) is 0 Å². The van der Waals surface area contributed by atoms with E-state index in [1.807, 2.05) is 0 Å². The second kappa shape index (κ2) is 16.8. The molecular formula is C52H56P4Pd. The summed E-state index contributed by atoms with van der Waals surface area (Å²) in [4.78, 5) is 0. The molecule has 8 aromatic carbocycles. The van der Waals surface area contributed by atoms with Crippen molar-refractivity contribution in [2.75, 3.05) is 26.7 Å². The molecule has 0 spiro atoms. The van der Waals surface area contributed by atoms with Crippen LogP contribution in [0.1, 0.15) is 0 Å². The van der Waals surface area contributed by atoms with Crippen molar-refractivity contribution in [2.45, 2.75) is 0 Å². The van der Waals surface area contributed by atoms with Crippen LogP contribution in [0.4, 0.5) is 0 Å². The van der Waals surface area contributed by atoms with Gasteiger partial charge in [-0.05, 0) is 0 Å². The average Bonchev–Trinajstić information content (AvgIpc) is 3.31. The van der Waals surface area contributed by atoms with E-state index in [9.17, 15) is 0 Å². The molecule has 8 rings (SSSR count). The Balaban J connectivity index is 1.81. The maximum absolute atomic E-state index is 3.41. The van der Waals surface area contributed by atoms with Crippen molar-refractivity contribution >= 4 is 64.2 Å². The van der Waals surface area contributed by atoms with Gasteiger partial charge >= 0.3 is 347 Å².